The van der Waals surface area contributed by atoms with Gasteiger partial charge in [-0.15, -0.1) is 0 Å². The van der Waals surface area contributed by atoms with Gasteiger partial charge >= 0.3 is 0 Å². The first-order valence-corrected chi connectivity index (χ1v) is 11.3. The zero-order valence-electron chi connectivity index (χ0n) is 18.7. The van der Waals surface area contributed by atoms with E-state index in [-0.39, 0.29) is 17.9 Å². The van der Waals surface area contributed by atoms with Gasteiger partial charge in [-0.3, -0.25) is 9.59 Å². The topological polar surface area (TPSA) is 75.4 Å². The highest BCUT2D eigenvalue weighted by molar-refractivity contribution is 5.92. The molecule has 2 atom stereocenters. The van der Waals surface area contributed by atoms with Crippen LogP contribution in [0.3, 0.4) is 0 Å². The molecule has 2 aromatic rings. The van der Waals surface area contributed by atoms with E-state index in [1.54, 1.807) is 12.1 Å². The first-order valence-electron chi connectivity index (χ1n) is 11.3. The van der Waals surface area contributed by atoms with Gasteiger partial charge in [-0.05, 0) is 62.0 Å². The van der Waals surface area contributed by atoms with Gasteiger partial charge in [0.1, 0.15) is 0 Å². The van der Waals surface area contributed by atoms with Gasteiger partial charge in [-0.1, -0.05) is 61.7 Å². The number of primary amides is 1. The third-order valence-corrected chi connectivity index (χ3v) is 6.52. The molecule has 3 rings (SSSR count). The summed E-state index contributed by atoms with van der Waals surface area (Å²) in [6, 6.07) is 18.0. The van der Waals surface area contributed by atoms with Crippen molar-refractivity contribution >= 4 is 11.8 Å². The van der Waals surface area contributed by atoms with Crippen molar-refractivity contribution in [1.29, 1.82) is 0 Å². The fourth-order valence-corrected chi connectivity index (χ4v) is 4.24. The maximum Gasteiger partial charge on any atom is 0.248 e. The van der Waals surface area contributed by atoms with Crippen LogP contribution in [0.5, 0.6) is 0 Å². The molecule has 3 N–H and O–H groups in total. The van der Waals surface area contributed by atoms with Crippen molar-refractivity contribution in [2.24, 2.45) is 11.7 Å². The average Bonchev–Trinajstić information content (AvgIpc) is 2.73. The normalized spacial score (nSPS) is 15.8. The van der Waals surface area contributed by atoms with E-state index in [4.69, 9.17) is 5.73 Å². The third kappa shape index (κ3) is 6.93. The lowest BCUT2D eigenvalue weighted by atomic mass is 9.76. The molecule has 0 saturated heterocycles. The van der Waals surface area contributed by atoms with E-state index in [9.17, 15) is 9.59 Å². The lowest BCUT2D eigenvalue weighted by Gasteiger charge is -2.30. The molecule has 5 heteroatoms. The van der Waals surface area contributed by atoms with Gasteiger partial charge < -0.3 is 16.0 Å². The number of likely N-dealkylation sites (N-methyl/N-ethyl adjacent to an activating group) is 1. The standard InChI is InChI=1S/C26H35N3O2/c1-29(2)24(16-20-11-13-22(14-12-20)26(27)31)18-28-25(30)17-23(15-19-7-6-8-19)21-9-4-3-5-10-21/h3-5,9-14,19,23-24H,6-8,15-18H2,1-2H3,(H2,27,31)(H,28,30)/t23-,24-/m0/s1. The van der Waals surface area contributed by atoms with Crippen molar-refractivity contribution in [1.82, 2.24) is 10.2 Å². The Kier molecular flexibility index (Phi) is 8.24. The summed E-state index contributed by atoms with van der Waals surface area (Å²) < 4.78 is 0. The Bertz CT molecular complexity index is 845. The van der Waals surface area contributed by atoms with Crippen LogP contribution in [0.15, 0.2) is 54.6 Å². The zero-order valence-corrected chi connectivity index (χ0v) is 18.7. The predicted octanol–water partition coefficient (Wildman–Crippen LogP) is 3.74. The summed E-state index contributed by atoms with van der Waals surface area (Å²) >= 11 is 0. The number of nitrogens with one attached hydrogen (secondary N) is 1. The maximum atomic E-state index is 12.8. The van der Waals surface area contributed by atoms with Crippen LogP contribution in [0.1, 0.15) is 59.5 Å². The number of hydrogen-bond donors (Lipinski definition) is 2. The molecule has 0 heterocycles. The second-order valence-corrected chi connectivity index (χ2v) is 9.03. The lowest BCUT2D eigenvalue weighted by molar-refractivity contribution is -0.121. The second kappa shape index (κ2) is 11.1. The van der Waals surface area contributed by atoms with Crippen LogP contribution in [0, 0.1) is 5.92 Å². The van der Waals surface area contributed by atoms with E-state index in [1.165, 1.54) is 24.8 Å². The SMILES string of the molecule is CN(C)[C@H](CNC(=O)C[C@H](CC1CCC1)c1ccccc1)Cc1ccc(C(N)=O)cc1. The van der Waals surface area contributed by atoms with Crippen molar-refractivity contribution in [3.63, 3.8) is 0 Å². The minimum Gasteiger partial charge on any atom is -0.366 e. The zero-order chi connectivity index (χ0) is 22.2. The Hall–Kier alpha value is -2.66. The van der Waals surface area contributed by atoms with Gasteiger partial charge in [-0.2, -0.15) is 0 Å². The summed E-state index contributed by atoms with van der Waals surface area (Å²) in [5.74, 6) is 0.739. The van der Waals surface area contributed by atoms with Gasteiger partial charge in [0.2, 0.25) is 11.8 Å². The predicted molar refractivity (Wildman–Crippen MR) is 125 cm³/mol. The third-order valence-electron chi connectivity index (χ3n) is 6.52. The smallest absolute Gasteiger partial charge is 0.248 e. The first kappa shape index (κ1) is 23.0. The van der Waals surface area contributed by atoms with Crippen molar-refractivity contribution < 1.29 is 9.59 Å². The van der Waals surface area contributed by atoms with Crippen LogP contribution in [0.4, 0.5) is 0 Å². The lowest BCUT2D eigenvalue weighted by Crippen LogP contribution is -2.42. The molecular weight excluding hydrogens is 386 g/mol. The number of rotatable bonds is 11. The Morgan fingerprint density at radius 3 is 2.29 bits per heavy atom. The minimum absolute atomic E-state index is 0.115. The molecule has 0 bridgehead atoms. The molecule has 166 valence electrons. The van der Waals surface area contributed by atoms with Gasteiger partial charge in [0.25, 0.3) is 0 Å². The fourth-order valence-electron chi connectivity index (χ4n) is 4.24. The molecule has 0 radical (unpaired) electrons. The Morgan fingerprint density at radius 1 is 1.06 bits per heavy atom. The van der Waals surface area contributed by atoms with Crippen LogP contribution >= 0.6 is 0 Å². The Labute approximate surface area is 186 Å². The van der Waals surface area contributed by atoms with Gasteiger partial charge in [-0.25, -0.2) is 0 Å². The van der Waals surface area contributed by atoms with Crippen LogP contribution in [0.2, 0.25) is 0 Å². The van der Waals surface area contributed by atoms with E-state index in [1.807, 2.05) is 32.3 Å². The molecule has 2 amide bonds. The van der Waals surface area contributed by atoms with Crippen molar-refractivity contribution in [2.45, 2.75) is 50.5 Å². The van der Waals surface area contributed by atoms with E-state index in [0.29, 0.717) is 18.5 Å². The highest BCUT2D eigenvalue weighted by Crippen LogP contribution is 2.37. The van der Waals surface area contributed by atoms with Crippen molar-refractivity contribution in [3.05, 3.63) is 71.3 Å². The number of hydrogen-bond acceptors (Lipinski definition) is 3. The summed E-state index contributed by atoms with van der Waals surface area (Å²) in [6.45, 7) is 0.592. The molecule has 1 fully saturated rings. The molecule has 1 aliphatic rings. The van der Waals surface area contributed by atoms with Crippen LogP contribution < -0.4 is 11.1 Å². The number of carbonyl (C=O) groups excluding carboxylic acids is 2. The number of nitrogens with two attached hydrogens (primary N) is 1. The number of benzene rings is 2. The monoisotopic (exact) mass is 421 g/mol. The van der Waals surface area contributed by atoms with Gasteiger partial charge in [0, 0.05) is 24.6 Å². The summed E-state index contributed by atoms with van der Waals surface area (Å²) in [5, 5.41) is 3.17. The highest BCUT2D eigenvalue weighted by Gasteiger charge is 2.25. The molecule has 1 saturated carbocycles. The van der Waals surface area contributed by atoms with Crippen LogP contribution in [-0.4, -0.2) is 43.4 Å². The van der Waals surface area contributed by atoms with Gasteiger partial charge in [0.15, 0.2) is 0 Å². The summed E-state index contributed by atoms with van der Waals surface area (Å²) in [7, 11) is 4.05. The molecule has 0 spiro atoms. The quantitative estimate of drug-likeness (QED) is 0.580. The Morgan fingerprint density at radius 2 is 1.74 bits per heavy atom. The van der Waals surface area contributed by atoms with Crippen molar-refractivity contribution in [2.75, 3.05) is 20.6 Å². The van der Waals surface area contributed by atoms with E-state index in [2.05, 4.69) is 34.5 Å². The molecule has 0 aliphatic heterocycles. The molecule has 31 heavy (non-hydrogen) atoms. The summed E-state index contributed by atoms with van der Waals surface area (Å²) in [4.78, 5) is 26.2. The molecule has 1 aliphatic carbocycles. The summed E-state index contributed by atoms with van der Waals surface area (Å²) in [5.41, 5.74) is 8.22. The van der Waals surface area contributed by atoms with Crippen LogP contribution in [-0.2, 0) is 11.2 Å². The number of carbonyl (C=O) groups is 2. The maximum absolute atomic E-state index is 12.8. The highest BCUT2D eigenvalue weighted by atomic mass is 16.1. The Balaban J connectivity index is 1.56. The molecule has 2 aromatic carbocycles. The number of nitrogens with zero attached hydrogens (tertiary/aromatic N) is 1. The van der Waals surface area contributed by atoms with E-state index < -0.39 is 5.91 Å². The summed E-state index contributed by atoms with van der Waals surface area (Å²) in [6.07, 6.45) is 6.33. The van der Waals surface area contributed by atoms with Crippen molar-refractivity contribution in [3.8, 4) is 0 Å². The van der Waals surface area contributed by atoms with E-state index in [0.717, 1.165) is 24.3 Å². The number of amides is 2. The second-order valence-electron chi connectivity index (χ2n) is 9.03. The van der Waals surface area contributed by atoms with Gasteiger partial charge in [0.05, 0.1) is 0 Å². The minimum atomic E-state index is -0.419. The fraction of sp³-hybridized carbons (Fsp3) is 0.462. The van der Waals surface area contributed by atoms with Crippen LogP contribution in [0.25, 0.3) is 0 Å². The average molecular weight is 422 g/mol. The first-order chi connectivity index (χ1) is 14.9. The molecular formula is C26H35N3O2. The molecule has 5 nitrogen and oxygen atoms in total. The largest absolute Gasteiger partial charge is 0.366 e. The molecule has 0 aromatic heterocycles. The molecule has 0 unspecified atom stereocenters. The van der Waals surface area contributed by atoms with E-state index >= 15 is 0 Å².